The third-order valence-corrected chi connectivity index (χ3v) is 4.66. The molecule has 6 heteroatoms. The highest BCUT2D eigenvalue weighted by Gasteiger charge is 2.31. The van der Waals surface area contributed by atoms with Gasteiger partial charge in [0.2, 0.25) is 5.91 Å². The Balaban J connectivity index is 1.48. The number of hydrogen-bond acceptors (Lipinski definition) is 3. The Morgan fingerprint density at radius 1 is 1.28 bits per heavy atom. The number of likely N-dealkylation sites (tertiary alicyclic amines) is 1. The third kappa shape index (κ3) is 5.11. The van der Waals surface area contributed by atoms with Crippen molar-refractivity contribution in [1.82, 2.24) is 15.5 Å². The van der Waals surface area contributed by atoms with Crippen molar-refractivity contribution >= 4 is 11.9 Å². The van der Waals surface area contributed by atoms with E-state index in [2.05, 4.69) is 10.6 Å². The lowest BCUT2D eigenvalue weighted by Gasteiger charge is -2.32. The molecule has 0 radical (unpaired) electrons. The van der Waals surface area contributed by atoms with Gasteiger partial charge in [-0.1, -0.05) is 12.1 Å². The molecule has 1 saturated carbocycles. The number of rotatable bonds is 6. The van der Waals surface area contributed by atoms with Gasteiger partial charge in [-0.15, -0.1) is 0 Å². The maximum Gasteiger partial charge on any atom is 0.317 e. The molecule has 1 aliphatic heterocycles. The zero-order chi connectivity index (χ0) is 17.6. The lowest BCUT2D eigenvalue weighted by Crippen LogP contribution is -2.49. The molecule has 0 bridgehead atoms. The van der Waals surface area contributed by atoms with E-state index < -0.39 is 0 Å². The Morgan fingerprint density at radius 3 is 2.88 bits per heavy atom. The Kier molecular flexibility index (Phi) is 5.79. The quantitative estimate of drug-likeness (QED) is 0.831. The van der Waals surface area contributed by atoms with Gasteiger partial charge < -0.3 is 20.3 Å². The van der Waals surface area contributed by atoms with Crippen LogP contribution in [0.5, 0.6) is 5.75 Å². The molecule has 2 fully saturated rings. The van der Waals surface area contributed by atoms with Crippen molar-refractivity contribution in [2.75, 3.05) is 19.7 Å². The van der Waals surface area contributed by atoms with Crippen molar-refractivity contribution in [3.63, 3.8) is 0 Å². The third-order valence-electron chi connectivity index (χ3n) is 4.66. The maximum absolute atomic E-state index is 12.4. The van der Waals surface area contributed by atoms with Gasteiger partial charge in [-0.2, -0.15) is 0 Å². The number of benzene rings is 1. The number of hydrogen-bond donors (Lipinski definition) is 2. The van der Waals surface area contributed by atoms with E-state index in [9.17, 15) is 9.59 Å². The monoisotopic (exact) mass is 345 g/mol. The summed E-state index contributed by atoms with van der Waals surface area (Å²) in [6.07, 6.45) is 3.90. The highest BCUT2D eigenvalue weighted by molar-refractivity contribution is 5.81. The van der Waals surface area contributed by atoms with E-state index in [0.717, 1.165) is 37.0 Å². The number of urea groups is 1. The van der Waals surface area contributed by atoms with Crippen LogP contribution in [-0.2, 0) is 11.3 Å². The highest BCUT2D eigenvalue weighted by atomic mass is 16.5. The average Bonchev–Trinajstić information content (AvgIpc) is 3.44. The van der Waals surface area contributed by atoms with E-state index in [-0.39, 0.29) is 17.9 Å². The van der Waals surface area contributed by atoms with Gasteiger partial charge in [-0.3, -0.25) is 4.79 Å². The molecule has 3 amide bonds. The number of carbonyl (C=O) groups excluding carboxylic acids is 2. The SMILES string of the molecule is CCOc1cccc(CNC(=O)N2CCC[C@H](C(=O)NC3CC3)C2)c1. The molecule has 3 rings (SSSR count). The fourth-order valence-electron chi connectivity index (χ4n) is 3.12. The topological polar surface area (TPSA) is 70.7 Å². The highest BCUT2D eigenvalue weighted by Crippen LogP contribution is 2.22. The summed E-state index contributed by atoms with van der Waals surface area (Å²) in [6, 6.07) is 7.99. The molecule has 1 aromatic carbocycles. The second kappa shape index (κ2) is 8.23. The predicted octanol–water partition coefficient (Wildman–Crippen LogP) is 2.29. The second-order valence-electron chi connectivity index (χ2n) is 6.81. The Labute approximate surface area is 148 Å². The van der Waals surface area contributed by atoms with E-state index in [1.54, 1.807) is 4.90 Å². The lowest BCUT2D eigenvalue weighted by atomic mass is 9.97. The summed E-state index contributed by atoms with van der Waals surface area (Å²) in [6.45, 7) is 4.23. The van der Waals surface area contributed by atoms with Crippen LogP contribution in [0.25, 0.3) is 0 Å². The first-order valence-corrected chi connectivity index (χ1v) is 9.20. The Hall–Kier alpha value is -2.24. The van der Waals surface area contributed by atoms with Gasteiger partial charge in [0.1, 0.15) is 5.75 Å². The summed E-state index contributed by atoms with van der Waals surface area (Å²) < 4.78 is 5.48. The van der Waals surface area contributed by atoms with Crippen molar-refractivity contribution in [2.45, 2.75) is 45.2 Å². The minimum Gasteiger partial charge on any atom is -0.494 e. The van der Waals surface area contributed by atoms with Crippen LogP contribution in [0.4, 0.5) is 4.79 Å². The van der Waals surface area contributed by atoms with Crippen LogP contribution in [0.15, 0.2) is 24.3 Å². The van der Waals surface area contributed by atoms with E-state index in [1.807, 2.05) is 31.2 Å². The summed E-state index contributed by atoms with van der Waals surface area (Å²) in [5.41, 5.74) is 0.999. The summed E-state index contributed by atoms with van der Waals surface area (Å²) in [4.78, 5) is 26.4. The zero-order valence-electron chi connectivity index (χ0n) is 14.8. The number of nitrogens with one attached hydrogen (secondary N) is 2. The molecule has 0 aromatic heterocycles. The summed E-state index contributed by atoms with van der Waals surface area (Å²) in [7, 11) is 0. The molecule has 2 aliphatic rings. The normalized spacial score (nSPS) is 20.0. The standard InChI is InChI=1S/C19H27N3O3/c1-2-25-17-7-3-5-14(11-17)12-20-19(24)22-10-4-6-15(13-22)18(23)21-16-8-9-16/h3,5,7,11,15-16H,2,4,6,8-10,12-13H2,1H3,(H,20,24)(H,21,23)/t15-/m0/s1. The molecule has 1 heterocycles. The van der Waals surface area contributed by atoms with Crippen molar-refractivity contribution in [2.24, 2.45) is 5.92 Å². The van der Waals surface area contributed by atoms with Crippen LogP contribution in [0.3, 0.4) is 0 Å². The van der Waals surface area contributed by atoms with Gasteiger partial charge in [0.15, 0.2) is 0 Å². The van der Waals surface area contributed by atoms with Crippen molar-refractivity contribution in [1.29, 1.82) is 0 Å². The van der Waals surface area contributed by atoms with Gasteiger partial charge in [0.25, 0.3) is 0 Å². The molecule has 2 N–H and O–H groups in total. The molecule has 1 aromatic rings. The van der Waals surface area contributed by atoms with Crippen LogP contribution >= 0.6 is 0 Å². The van der Waals surface area contributed by atoms with E-state index in [1.165, 1.54) is 0 Å². The first-order chi connectivity index (χ1) is 12.2. The largest absolute Gasteiger partial charge is 0.494 e. The lowest BCUT2D eigenvalue weighted by molar-refractivity contribution is -0.126. The first kappa shape index (κ1) is 17.6. The van der Waals surface area contributed by atoms with Gasteiger partial charge in [-0.25, -0.2) is 4.79 Å². The predicted molar refractivity (Wildman–Crippen MR) is 95.3 cm³/mol. The molecule has 1 atom stereocenters. The van der Waals surface area contributed by atoms with Crippen molar-refractivity contribution in [3.05, 3.63) is 29.8 Å². The fourth-order valence-corrected chi connectivity index (χ4v) is 3.12. The summed E-state index contributed by atoms with van der Waals surface area (Å²) in [5, 5.41) is 6.00. The molecule has 25 heavy (non-hydrogen) atoms. The molecule has 0 unspecified atom stereocenters. The first-order valence-electron chi connectivity index (χ1n) is 9.20. The van der Waals surface area contributed by atoms with Crippen LogP contribution < -0.4 is 15.4 Å². The van der Waals surface area contributed by atoms with E-state index in [4.69, 9.17) is 4.74 Å². The van der Waals surface area contributed by atoms with E-state index >= 15 is 0 Å². The van der Waals surface area contributed by atoms with Crippen LogP contribution in [0, 0.1) is 5.92 Å². The Bertz CT molecular complexity index is 616. The number of ether oxygens (including phenoxy) is 1. The van der Waals surface area contributed by atoms with Crippen LogP contribution in [0.1, 0.15) is 38.2 Å². The number of carbonyl (C=O) groups is 2. The fraction of sp³-hybridized carbons (Fsp3) is 0.579. The van der Waals surface area contributed by atoms with Gasteiger partial charge in [-0.05, 0) is 50.3 Å². The minimum absolute atomic E-state index is 0.0821. The molecule has 1 aliphatic carbocycles. The summed E-state index contributed by atoms with van der Waals surface area (Å²) in [5.74, 6) is 0.829. The molecule has 6 nitrogen and oxygen atoms in total. The molecule has 136 valence electrons. The maximum atomic E-state index is 12.4. The average molecular weight is 345 g/mol. The smallest absolute Gasteiger partial charge is 0.317 e. The zero-order valence-corrected chi connectivity index (χ0v) is 14.8. The number of piperidine rings is 1. The van der Waals surface area contributed by atoms with Gasteiger partial charge in [0.05, 0.1) is 12.5 Å². The van der Waals surface area contributed by atoms with Crippen LogP contribution in [0.2, 0.25) is 0 Å². The van der Waals surface area contributed by atoms with Crippen molar-refractivity contribution in [3.8, 4) is 5.75 Å². The minimum atomic E-state index is -0.106. The number of amides is 3. The van der Waals surface area contributed by atoms with Crippen molar-refractivity contribution < 1.29 is 14.3 Å². The summed E-state index contributed by atoms with van der Waals surface area (Å²) >= 11 is 0. The van der Waals surface area contributed by atoms with E-state index in [0.29, 0.717) is 32.3 Å². The molecule has 0 spiro atoms. The number of nitrogens with zero attached hydrogens (tertiary/aromatic N) is 1. The van der Waals surface area contributed by atoms with Crippen LogP contribution in [-0.4, -0.2) is 42.6 Å². The van der Waals surface area contributed by atoms with Gasteiger partial charge in [0, 0.05) is 25.7 Å². The molecular formula is C19H27N3O3. The Morgan fingerprint density at radius 2 is 2.12 bits per heavy atom. The van der Waals surface area contributed by atoms with Gasteiger partial charge >= 0.3 is 6.03 Å². The molecular weight excluding hydrogens is 318 g/mol. The molecule has 1 saturated heterocycles. The second-order valence-corrected chi connectivity index (χ2v) is 6.81.